The molecule has 1 saturated heterocycles. The number of para-hydroxylation sites is 2. The largest absolute Gasteiger partial charge is 0.495 e. The lowest BCUT2D eigenvalue weighted by molar-refractivity contribution is -0.113. The molecule has 30 heavy (non-hydrogen) atoms. The van der Waals surface area contributed by atoms with E-state index in [0.717, 1.165) is 22.2 Å². The summed E-state index contributed by atoms with van der Waals surface area (Å²) in [6, 6.07) is 12.4. The lowest BCUT2D eigenvalue weighted by Gasteiger charge is -2.15. The van der Waals surface area contributed by atoms with Crippen molar-refractivity contribution in [1.29, 1.82) is 0 Å². The van der Waals surface area contributed by atoms with Gasteiger partial charge in [-0.25, -0.2) is 4.90 Å². The number of nitrogens with zero attached hydrogens (tertiary/aromatic N) is 1. The summed E-state index contributed by atoms with van der Waals surface area (Å²) in [4.78, 5) is 27.0. The minimum absolute atomic E-state index is 0.337. The number of carbonyl (C=O) groups is 2. The fraction of sp³-hybridized carbons (Fsp3) is 0.304. The van der Waals surface area contributed by atoms with Gasteiger partial charge in [-0.15, -0.1) is 0 Å². The molecule has 0 atom stereocenters. The summed E-state index contributed by atoms with van der Waals surface area (Å²) in [7, 11) is 1.51. The summed E-state index contributed by atoms with van der Waals surface area (Å²) in [5, 5.41) is -0.363. The number of methoxy groups -OCH3 is 1. The predicted octanol–water partition coefficient (Wildman–Crippen LogP) is 5.37. The SMILES string of the molecule is CCOc1cc(/C=C2\SC(=O)N(c3ccccc3OC)C2=O)ccc1OCC(C)C. The Morgan fingerprint density at radius 1 is 1.03 bits per heavy atom. The Morgan fingerprint density at radius 2 is 1.80 bits per heavy atom. The molecule has 6 nitrogen and oxygen atoms in total. The minimum Gasteiger partial charge on any atom is -0.495 e. The number of amides is 2. The van der Waals surface area contributed by atoms with Crippen LogP contribution in [0.15, 0.2) is 47.4 Å². The summed E-state index contributed by atoms with van der Waals surface area (Å²) in [6.07, 6.45) is 1.69. The molecule has 0 bridgehead atoms. The number of ether oxygens (including phenoxy) is 3. The van der Waals surface area contributed by atoms with Crippen LogP contribution in [0.4, 0.5) is 10.5 Å². The van der Waals surface area contributed by atoms with E-state index in [0.29, 0.717) is 47.0 Å². The van der Waals surface area contributed by atoms with Crippen molar-refractivity contribution < 1.29 is 23.8 Å². The van der Waals surface area contributed by atoms with Crippen molar-refractivity contribution >= 4 is 34.7 Å². The molecule has 1 heterocycles. The highest BCUT2D eigenvalue weighted by Crippen LogP contribution is 2.40. The van der Waals surface area contributed by atoms with Gasteiger partial charge in [-0.2, -0.15) is 0 Å². The average molecular weight is 428 g/mol. The number of benzene rings is 2. The number of hydrogen-bond acceptors (Lipinski definition) is 6. The maximum atomic E-state index is 12.9. The smallest absolute Gasteiger partial charge is 0.298 e. The topological polar surface area (TPSA) is 65.1 Å². The third-order valence-corrected chi connectivity index (χ3v) is 5.13. The highest BCUT2D eigenvalue weighted by Gasteiger charge is 2.37. The third-order valence-electron chi connectivity index (χ3n) is 4.26. The molecule has 7 heteroatoms. The Kier molecular flexibility index (Phi) is 7.05. The van der Waals surface area contributed by atoms with Crippen LogP contribution in [-0.2, 0) is 4.79 Å². The molecule has 0 saturated carbocycles. The Morgan fingerprint density at radius 3 is 2.50 bits per heavy atom. The van der Waals surface area contributed by atoms with E-state index in [1.807, 2.05) is 25.1 Å². The Balaban J connectivity index is 1.88. The van der Waals surface area contributed by atoms with E-state index in [2.05, 4.69) is 13.8 Å². The number of rotatable bonds is 8. The Bertz CT molecular complexity index is 970. The molecule has 1 aliphatic rings. The first-order chi connectivity index (χ1) is 14.4. The van der Waals surface area contributed by atoms with Gasteiger partial charge >= 0.3 is 0 Å². The van der Waals surface area contributed by atoms with Crippen molar-refractivity contribution in [2.45, 2.75) is 20.8 Å². The normalized spacial score (nSPS) is 15.2. The van der Waals surface area contributed by atoms with E-state index in [9.17, 15) is 9.59 Å². The molecule has 2 aromatic carbocycles. The number of carbonyl (C=O) groups excluding carboxylic acids is 2. The number of imide groups is 1. The molecular weight excluding hydrogens is 402 g/mol. The second-order valence-electron chi connectivity index (χ2n) is 7.03. The Labute approximate surface area is 180 Å². The van der Waals surface area contributed by atoms with E-state index in [1.165, 1.54) is 7.11 Å². The van der Waals surface area contributed by atoms with Gasteiger partial charge in [-0.1, -0.05) is 32.0 Å². The van der Waals surface area contributed by atoms with Gasteiger partial charge in [0.05, 0.1) is 30.9 Å². The van der Waals surface area contributed by atoms with Crippen molar-refractivity contribution in [3.63, 3.8) is 0 Å². The van der Waals surface area contributed by atoms with Gasteiger partial charge in [0.25, 0.3) is 11.1 Å². The van der Waals surface area contributed by atoms with Gasteiger partial charge in [0.1, 0.15) is 5.75 Å². The van der Waals surface area contributed by atoms with Crippen LogP contribution in [0.1, 0.15) is 26.3 Å². The van der Waals surface area contributed by atoms with Crippen LogP contribution < -0.4 is 19.1 Å². The van der Waals surface area contributed by atoms with Crippen LogP contribution >= 0.6 is 11.8 Å². The first kappa shape index (κ1) is 21.8. The maximum absolute atomic E-state index is 12.9. The van der Waals surface area contributed by atoms with Crippen LogP contribution in [0.25, 0.3) is 6.08 Å². The molecule has 3 rings (SSSR count). The molecule has 2 aromatic rings. The molecule has 0 aromatic heterocycles. The van der Waals surface area contributed by atoms with E-state index in [4.69, 9.17) is 14.2 Å². The molecule has 1 aliphatic heterocycles. The fourth-order valence-electron chi connectivity index (χ4n) is 2.90. The number of thioether (sulfide) groups is 1. The van der Waals surface area contributed by atoms with Crippen molar-refractivity contribution in [2.75, 3.05) is 25.2 Å². The molecule has 0 radical (unpaired) electrons. The summed E-state index contributed by atoms with van der Waals surface area (Å²) in [5.41, 5.74) is 1.18. The molecule has 0 N–H and O–H groups in total. The van der Waals surface area contributed by atoms with Crippen molar-refractivity contribution in [3.8, 4) is 17.2 Å². The van der Waals surface area contributed by atoms with Crippen LogP contribution in [0.2, 0.25) is 0 Å². The van der Waals surface area contributed by atoms with E-state index < -0.39 is 0 Å². The van der Waals surface area contributed by atoms with Crippen LogP contribution in [0, 0.1) is 5.92 Å². The van der Waals surface area contributed by atoms with E-state index in [1.54, 1.807) is 30.3 Å². The molecule has 158 valence electrons. The quantitative estimate of drug-likeness (QED) is 0.528. The highest BCUT2D eigenvalue weighted by molar-refractivity contribution is 8.19. The number of anilines is 1. The molecular formula is C23H25NO5S. The summed E-state index contributed by atoms with van der Waals surface area (Å²) >= 11 is 0.899. The van der Waals surface area contributed by atoms with E-state index in [-0.39, 0.29) is 11.1 Å². The standard InChI is InChI=1S/C23H25NO5S/c1-5-28-20-12-16(10-11-19(20)29-14-15(2)3)13-21-22(25)24(23(26)30-21)17-8-6-7-9-18(17)27-4/h6-13,15H,5,14H2,1-4H3/b21-13-. The van der Waals surface area contributed by atoms with Crippen molar-refractivity contribution in [3.05, 3.63) is 52.9 Å². The van der Waals surface area contributed by atoms with E-state index >= 15 is 0 Å². The zero-order valence-corrected chi connectivity index (χ0v) is 18.3. The van der Waals surface area contributed by atoms with Gasteiger partial charge in [-0.3, -0.25) is 9.59 Å². The van der Waals surface area contributed by atoms with Crippen LogP contribution in [0.3, 0.4) is 0 Å². The van der Waals surface area contributed by atoms with Gasteiger partial charge in [0.2, 0.25) is 0 Å². The predicted molar refractivity (Wildman–Crippen MR) is 119 cm³/mol. The summed E-state index contributed by atoms with van der Waals surface area (Å²) in [6.45, 7) is 7.12. The lowest BCUT2D eigenvalue weighted by Crippen LogP contribution is -2.28. The zero-order valence-electron chi connectivity index (χ0n) is 17.5. The summed E-state index contributed by atoms with van der Waals surface area (Å²) < 4.78 is 16.8. The lowest BCUT2D eigenvalue weighted by atomic mass is 10.1. The molecule has 2 amide bonds. The van der Waals surface area contributed by atoms with Gasteiger partial charge in [0.15, 0.2) is 11.5 Å². The van der Waals surface area contributed by atoms with Gasteiger partial charge < -0.3 is 14.2 Å². The highest BCUT2D eigenvalue weighted by atomic mass is 32.2. The van der Waals surface area contributed by atoms with Crippen LogP contribution in [0.5, 0.6) is 17.2 Å². The second kappa shape index (κ2) is 9.71. The zero-order chi connectivity index (χ0) is 21.7. The van der Waals surface area contributed by atoms with Crippen LogP contribution in [-0.4, -0.2) is 31.5 Å². The Hall–Kier alpha value is -2.93. The average Bonchev–Trinajstić information content (AvgIpc) is 3.00. The molecule has 0 spiro atoms. The van der Waals surface area contributed by atoms with Gasteiger partial charge in [-0.05, 0) is 60.5 Å². The minimum atomic E-state index is -0.382. The third kappa shape index (κ3) is 4.79. The van der Waals surface area contributed by atoms with Gasteiger partial charge in [0, 0.05) is 0 Å². The molecule has 0 aliphatic carbocycles. The summed E-state index contributed by atoms with van der Waals surface area (Å²) in [5.74, 6) is 1.74. The first-order valence-electron chi connectivity index (χ1n) is 9.75. The monoisotopic (exact) mass is 427 g/mol. The van der Waals surface area contributed by atoms with Crippen molar-refractivity contribution in [1.82, 2.24) is 0 Å². The molecule has 0 unspecified atom stereocenters. The maximum Gasteiger partial charge on any atom is 0.298 e. The molecule has 1 fully saturated rings. The van der Waals surface area contributed by atoms with Crippen molar-refractivity contribution in [2.24, 2.45) is 5.92 Å². The second-order valence-corrected chi connectivity index (χ2v) is 8.03. The first-order valence-corrected chi connectivity index (χ1v) is 10.6. The fourth-order valence-corrected chi connectivity index (χ4v) is 3.73. The number of hydrogen-bond donors (Lipinski definition) is 0.